The summed E-state index contributed by atoms with van der Waals surface area (Å²) in [5, 5.41) is 0. The lowest BCUT2D eigenvalue weighted by Crippen LogP contribution is -2.06. The molecule has 0 heterocycles. The minimum absolute atomic E-state index is 0.0583. The van der Waals surface area contributed by atoms with Crippen LogP contribution >= 0.6 is 0 Å². The monoisotopic (exact) mass is 332 g/mol. The van der Waals surface area contributed by atoms with Crippen LogP contribution in [0.15, 0.2) is 84.9 Å². The number of hydrogen-bond donors (Lipinski definition) is 0. The summed E-state index contributed by atoms with van der Waals surface area (Å²) in [6.45, 7) is 2.26. The van der Waals surface area contributed by atoms with E-state index in [1.54, 1.807) is 24.3 Å². The normalized spacial score (nSPS) is 11.6. The molecule has 0 bridgehead atoms. The Balaban J connectivity index is 1.57. The predicted molar refractivity (Wildman–Crippen MR) is 97.5 cm³/mol. The maximum absolute atomic E-state index is 12.1. The summed E-state index contributed by atoms with van der Waals surface area (Å²) < 4.78 is 11.2. The number of hydrogen-bond acceptors (Lipinski definition) is 3. The maximum Gasteiger partial charge on any atom is 0.338 e. The molecule has 0 saturated heterocycles. The first-order chi connectivity index (χ1) is 12.2. The lowest BCUT2D eigenvalue weighted by atomic mass is 10.1. The van der Waals surface area contributed by atoms with Crippen LogP contribution in [-0.2, 0) is 11.3 Å². The van der Waals surface area contributed by atoms with Gasteiger partial charge in [-0.1, -0.05) is 60.7 Å². The van der Waals surface area contributed by atoms with E-state index in [1.165, 1.54) is 0 Å². The van der Waals surface area contributed by atoms with Gasteiger partial charge in [0.15, 0.2) is 0 Å². The molecule has 3 aromatic rings. The van der Waals surface area contributed by atoms with Crippen LogP contribution in [-0.4, -0.2) is 5.97 Å². The van der Waals surface area contributed by atoms with Gasteiger partial charge in [0.1, 0.15) is 18.5 Å². The van der Waals surface area contributed by atoms with E-state index in [1.807, 2.05) is 67.6 Å². The van der Waals surface area contributed by atoms with Crippen molar-refractivity contribution >= 4 is 5.97 Å². The van der Waals surface area contributed by atoms with Crippen LogP contribution in [0.2, 0.25) is 0 Å². The number of benzene rings is 3. The molecule has 0 N–H and O–H groups in total. The van der Waals surface area contributed by atoms with Crippen LogP contribution in [0.25, 0.3) is 0 Å². The second-order valence-corrected chi connectivity index (χ2v) is 5.76. The lowest BCUT2D eigenvalue weighted by molar-refractivity contribution is 0.0472. The summed E-state index contributed by atoms with van der Waals surface area (Å²) in [7, 11) is 0. The van der Waals surface area contributed by atoms with E-state index in [0.29, 0.717) is 5.56 Å². The van der Waals surface area contributed by atoms with Gasteiger partial charge in [0, 0.05) is 0 Å². The minimum Gasteiger partial charge on any atom is -0.486 e. The highest BCUT2D eigenvalue weighted by atomic mass is 16.5. The fourth-order valence-electron chi connectivity index (χ4n) is 2.47. The van der Waals surface area contributed by atoms with Crippen molar-refractivity contribution < 1.29 is 14.3 Å². The van der Waals surface area contributed by atoms with Crippen LogP contribution in [0, 0.1) is 0 Å². The fraction of sp³-hybridized carbons (Fsp3) is 0.136. The first-order valence-corrected chi connectivity index (χ1v) is 8.25. The summed E-state index contributed by atoms with van der Waals surface area (Å²) in [6, 6.07) is 26.7. The van der Waals surface area contributed by atoms with Gasteiger partial charge in [-0.15, -0.1) is 0 Å². The Morgan fingerprint density at radius 3 is 2.08 bits per heavy atom. The SMILES string of the molecule is C[C@@H](Oc1ccc(C(=O)OCc2ccccc2)cc1)c1ccccc1. The number of ether oxygens (including phenoxy) is 2. The first kappa shape index (κ1) is 16.8. The minimum atomic E-state index is -0.341. The van der Waals surface area contributed by atoms with Gasteiger partial charge in [-0.25, -0.2) is 4.79 Å². The maximum atomic E-state index is 12.1. The molecule has 0 aromatic heterocycles. The first-order valence-electron chi connectivity index (χ1n) is 8.25. The molecule has 0 amide bonds. The van der Waals surface area contributed by atoms with Crippen molar-refractivity contribution in [1.82, 2.24) is 0 Å². The van der Waals surface area contributed by atoms with Crippen LogP contribution in [0.5, 0.6) is 5.75 Å². The smallest absolute Gasteiger partial charge is 0.338 e. The second-order valence-electron chi connectivity index (χ2n) is 5.76. The Morgan fingerprint density at radius 1 is 0.840 bits per heavy atom. The van der Waals surface area contributed by atoms with Crippen molar-refractivity contribution in [2.24, 2.45) is 0 Å². The Labute approximate surface area is 147 Å². The van der Waals surface area contributed by atoms with Gasteiger partial charge >= 0.3 is 5.97 Å². The summed E-state index contributed by atoms with van der Waals surface area (Å²) in [5.41, 5.74) is 2.58. The van der Waals surface area contributed by atoms with Crippen LogP contribution in [0.4, 0.5) is 0 Å². The van der Waals surface area contributed by atoms with Crippen LogP contribution < -0.4 is 4.74 Å². The van der Waals surface area contributed by atoms with E-state index >= 15 is 0 Å². The number of carbonyl (C=O) groups excluding carboxylic acids is 1. The topological polar surface area (TPSA) is 35.5 Å². The molecule has 3 aromatic carbocycles. The van der Waals surface area contributed by atoms with E-state index < -0.39 is 0 Å². The van der Waals surface area contributed by atoms with Gasteiger partial charge in [0.05, 0.1) is 5.56 Å². The predicted octanol–water partition coefficient (Wildman–Crippen LogP) is 5.18. The van der Waals surface area contributed by atoms with Crippen LogP contribution in [0.1, 0.15) is 34.5 Å². The van der Waals surface area contributed by atoms with E-state index in [-0.39, 0.29) is 18.7 Å². The molecule has 0 aliphatic rings. The van der Waals surface area contributed by atoms with Crippen LogP contribution in [0.3, 0.4) is 0 Å². The molecule has 0 saturated carbocycles. The zero-order chi connectivity index (χ0) is 17.5. The molecule has 126 valence electrons. The average molecular weight is 332 g/mol. The average Bonchev–Trinajstić information content (AvgIpc) is 2.68. The number of carbonyl (C=O) groups is 1. The lowest BCUT2D eigenvalue weighted by Gasteiger charge is -2.15. The number of esters is 1. The molecule has 0 fully saturated rings. The molecule has 3 heteroatoms. The fourth-order valence-corrected chi connectivity index (χ4v) is 2.47. The standard InChI is InChI=1S/C22H20O3/c1-17(19-10-6-3-7-11-19)25-21-14-12-20(13-15-21)22(23)24-16-18-8-4-2-5-9-18/h2-15,17H,16H2,1H3/t17-/m1/s1. The van der Waals surface area contributed by atoms with Gasteiger partial charge in [-0.05, 0) is 42.3 Å². The molecule has 3 rings (SSSR count). The van der Waals surface area contributed by atoms with Gasteiger partial charge < -0.3 is 9.47 Å². The highest BCUT2D eigenvalue weighted by Crippen LogP contribution is 2.22. The van der Waals surface area contributed by atoms with E-state index in [0.717, 1.165) is 16.9 Å². The Bertz CT molecular complexity index is 796. The Morgan fingerprint density at radius 2 is 1.44 bits per heavy atom. The summed E-state index contributed by atoms with van der Waals surface area (Å²) in [4.78, 5) is 12.1. The van der Waals surface area contributed by atoms with Crippen molar-refractivity contribution in [3.8, 4) is 5.75 Å². The van der Waals surface area contributed by atoms with Gasteiger partial charge in [-0.3, -0.25) is 0 Å². The Hall–Kier alpha value is -3.07. The van der Waals surface area contributed by atoms with Crippen molar-refractivity contribution in [2.75, 3.05) is 0 Å². The molecule has 3 nitrogen and oxygen atoms in total. The van der Waals surface area contributed by atoms with Crippen molar-refractivity contribution in [1.29, 1.82) is 0 Å². The van der Waals surface area contributed by atoms with Crippen molar-refractivity contribution in [3.05, 3.63) is 102 Å². The highest BCUT2D eigenvalue weighted by Gasteiger charge is 2.10. The van der Waals surface area contributed by atoms with E-state index in [2.05, 4.69) is 0 Å². The third-order valence-electron chi connectivity index (χ3n) is 3.88. The molecule has 0 aliphatic carbocycles. The molecule has 0 unspecified atom stereocenters. The summed E-state index contributed by atoms with van der Waals surface area (Å²) in [6.07, 6.45) is -0.0583. The molecule has 1 atom stereocenters. The van der Waals surface area contributed by atoms with E-state index in [4.69, 9.17) is 9.47 Å². The summed E-state index contributed by atoms with van der Waals surface area (Å²) >= 11 is 0. The second kappa shape index (κ2) is 8.15. The molecule has 25 heavy (non-hydrogen) atoms. The third kappa shape index (κ3) is 4.70. The third-order valence-corrected chi connectivity index (χ3v) is 3.88. The van der Waals surface area contributed by atoms with Gasteiger partial charge in [-0.2, -0.15) is 0 Å². The molecule has 0 aliphatic heterocycles. The molecule has 0 radical (unpaired) electrons. The van der Waals surface area contributed by atoms with E-state index in [9.17, 15) is 4.79 Å². The molecular weight excluding hydrogens is 312 g/mol. The molecular formula is C22H20O3. The quantitative estimate of drug-likeness (QED) is 0.583. The van der Waals surface area contributed by atoms with Gasteiger partial charge in [0.2, 0.25) is 0 Å². The summed E-state index contributed by atoms with van der Waals surface area (Å²) in [5.74, 6) is 0.377. The van der Waals surface area contributed by atoms with Gasteiger partial charge in [0.25, 0.3) is 0 Å². The molecule has 0 spiro atoms. The zero-order valence-corrected chi connectivity index (χ0v) is 14.1. The largest absolute Gasteiger partial charge is 0.486 e. The number of rotatable bonds is 6. The highest BCUT2D eigenvalue weighted by molar-refractivity contribution is 5.89. The van der Waals surface area contributed by atoms with Crippen molar-refractivity contribution in [2.45, 2.75) is 19.6 Å². The van der Waals surface area contributed by atoms with Crippen molar-refractivity contribution in [3.63, 3.8) is 0 Å². The Kier molecular flexibility index (Phi) is 5.47. The zero-order valence-electron chi connectivity index (χ0n) is 14.1.